The predicted octanol–water partition coefficient (Wildman–Crippen LogP) is 3.29. The monoisotopic (exact) mass is 263 g/mol. The van der Waals surface area contributed by atoms with Crippen molar-refractivity contribution in [3.8, 4) is 0 Å². The van der Waals surface area contributed by atoms with E-state index >= 15 is 0 Å². The predicted molar refractivity (Wildman–Crippen MR) is 80.0 cm³/mol. The Kier molecular flexibility index (Phi) is 5.44. The molecular formula is C16H29N3. The first-order valence-corrected chi connectivity index (χ1v) is 7.91. The molecular weight excluding hydrogens is 234 g/mol. The van der Waals surface area contributed by atoms with Gasteiger partial charge in [0.25, 0.3) is 0 Å². The largest absolute Gasteiger partial charge is 0.313 e. The number of aromatic nitrogens is 2. The van der Waals surface area contributed by atoms with Crippen molar-refractivity contribution < 1.29 is 0 Å². The van der Waals surface area contributed by atoms with Gasteiger partial charge in [0.1, 0.15) is 0 Å². The van der Waals surface area contributed by atoms with Crippen molar-refractivity contribution in [1.82, 2.24) is 15.1 Å². The molecule has 0 aromatic carbocycles. The van der Waals surface area contributed by atoms with Crippen LogP contribution in [0.25, 0.3) is 0 Å². The SMILES string of the molecule is CCc1nn(C)cc1CNCCC1CCC(C)CC1. The van der Waals surface area contributed by atoms with Gasteiger partial charge in [0.05, 0.1) is 5.69 Å². The van der Waals surface area contributed by atoms with E-state index in [2.05, 4.69) is 30.5 Å². The van der Waals surface area contributed by atoms with E-state index in [-0.39, 0.29) is 0 Å². The molecule has 1 aliphatic carbocycles. The van der Waals surface area contributed by atoms with Gasteiger partial charge < -0.3 is 5.32 Å². The van der Waals surface area contributed by atoms with Crippen LogP contribution in [0.1, 0.15) is 57.2 Å². The van der Waals surface area contributed by atoms with Gasteiger partial charge in [0.15, 0.2) is 0 Å². The Bertz CT molecular complexity index is 375. The number of nitrogens with zero attached hydrogens (tertiary/aromatic N) is 2. The molecule has 0 radical (unpaired) electrons. The Balaban J connectivity index is 1.66. The summed E-state index contributed by atoms with van der Waals surface area (Å²) in [5.74, 6) is 1.93. The number of hydrogen-bond donors (Lipinski definition) is 1. The molecule has 1 aromatic heterocycles. The van der Waals surface area contributed by atoms with Crippen molar-refractivity contribution in [2.45, 2.75) is 58.9 Å². The lowest BCUT2D eigenvalue weighted by Crippen LogP contribution is -2.20. The molecule has 1 aromatic rings. The van der Waals surface area contributed by atoms with Crippen LogP contribution < -0.4 is 5.32 Å². The molecule has 1 N–H and O–H groups in total. The van der Waals surface area contributed by atoms with Crippen molar-refractivity contribution in [2.24, 2.45) is 18.9 Å². The van der Waals surface area contributed by atoms with Crippen LogP contribution in [0, 0.1) is 11.8 Å². The maximum Gasteiger partial charge on any atom is 0.0666 e. The summed E-state index contributed by atoms with van der Waals surface area (Å²) in [4.78, 5) is 0. The molecule has 0 bridgehead atoms. The fraction of sp³-hybridized carbons (Fsp3) is 0.812. The third kappa shape index (κ3) is 4.34. The fourth-order valence-electron chi connectivity index (χ4n) is 3.18. The first kappa shape index (κ1) is 14.6. The van der Waals surface area contributed by atoms with E-state index in [0.29, 0.717) is 0 Å². The zero-order chi connectivity index (χ0) is 13.7. The summed E-state index contributed by atoms with van der Waals surface area (Å²) in [6.45, 7) is 6.69. The quantitative estimate of drug-likeness (QED) is 0.798. The normalized spacial score (nSPS) is 23.7. The summed E-state index contributed by atoms with van der Waals surface area (Å²) in [5, 5.41) is 8.08. The van der Waals surface area contributed by atoms with Crippen LogP contribution >= 0.6 is 0 Å². The molecule has 108 valence electrons. The molecule has 1 saturated carbocycles. The molecule has 0 saturated heterocycles. The van der Waals surface area contributed by atoms with Gasteiger partial charge in [-0.15, -0.1) is 0 Å². The molecule has 1 fully saturated rings. The third-order valence-electron chi connectivity index (χ3n) is 4.51. The maximum absolute atomic E-state index is 4.48. The first-order valence-electron chi connectivity index (χ1n) is 7.91. The smallest absolute Gasteiger partial charge is 0.0666 e. The van der Waals surface area contributed by atoms with Crippen LogP contribution in [-0.2, 0) is 20.0 Å². The number of rotatable bonds is 6. The molecule has 0 amide bonds. The first-order chi connectivity index (χ1) is 9.19. The number of aryl methyl sites for hydroxylation is 2. The summed E-state index contributed by atoms with van der Waals surface area (Å²) in [7, 11) is 2.01. The van der Waals surface area contributed by atoms with Gasteiger partial charge in [0.2, 0.25) is 0 Å². The summed E-state index contributed by atoms with van der Waals surface area (Å²) in [5.41, 5.74) is 2.60. The minimum absolute atomic E-state index is 0.961. The number of hydrogen-bond acceptors (Lipinski definition) is 2. The second-order valence-electron chi connectivity index (χ2n) is 6.22. The van der Waals surface area contributed by atoms with E-state index in [4.69, 9.17) is 0 Å². The third-order valence-corrected chi connectivity index (χ3v) is 4.51. The van der Waals surface area contributed by atoms with E-state index < -0.39 is 0 Å². The Morgan fingerprint density at radius 1 is 1.32 bits per heavy atom. The highest BCUT2D eigenvalue weighted by atomic mass is 15.3. The maximum atomic E-state index is 4.48. The number of nitrogens with one attached hydrogen (secondary N) is 1. The van der Waals surface area contributed by atoms with Gasteiger partial charge >= 0.3 is 0 Å². The van der Waals surface area contributed by atoms with E-state index in [1.165, 1.54) is 43.4 Å². The standard InChI is InChI=1S/C16H29N3/c1-4-16-15(12-19(3)18-16)11-17-10-9-14-7-5-13(2)6-8-14/h12-14,17H,4-11H2,1-3H3. The molecule has 1 aliphatic rings. The summed E-state index contributed by atoms with van der Waals surface area (Å²) in [6.07, 6.45) is 10.3. The molecule has 0 aliphatic heterocycles. The molecule has 3 heteroatoms. The lowest BCUT2D eigenvalue weighted by atomic mass is 9.81. The molecule has 19 heavy (non-hydrogen) atoms. The van der Waals surface area contributed by atoms with Gasteiger partial charge in [0, 0.05) is 25.4 Å². The fourth-order valence-corrected chi connectivity index (χ4v) is 3.18. The van der Waals surface area contributed by atoms with Crippen LogP contribution in [0.5, 0.6) is 0 Å². The average molecular weight is 263 g/mol. The van der Waals surface area contributed by atoms with E-state index in [0.717, 1.165) is 31.3 Å². The summed E-state index contributed by atoms with van der Waals surface area (Å²) >= 11 is 0. The van der Waals surface area contributed by atoms with E-state index in [9.17, 15) is 0 Å². The van der Waals surface area contributed by atoms with Gasteiger partial charge in [-0.05, 0) is 31.2 Å². The highest BCUT2D eigenvalue weighted by molar-refractivity contribution is 5.16. The van der Waals surface area contributed by atoms with Gasteiger partial charge in [-0.3, -0.25) is 4.68 Å². The Labute approximate surface area is 117 Å². The molecule has 0 spiro atoms. The van der Waals surface area contributed by atoms with Crippen molar-refractivity contribution >= 4 is 0 Å². The Hall–Kier alpha value is -0.830. The molecule has 0 unspecified atom stereocenters. The lowest BCUT2D eigenvalue weighted by Gasteiger charge is -2.26. The van der Waals surface area contributed by atoms with Crippen molar-refractivity contribution in [2.75, 3.05) is 6.54 Å². The van der Waals surface area contributed by atoms with Crippen LogP contribution in [0.3, 0.4) is 0 Å². The zero-order valence-corrected chi connectivity index (χ0v) is 12.8. The van der Waals surface area contributed by atoms with Crippen LogP contribution in [-0.4, -0.2) is 16.3 Å². The zero-order valence-electron chi connectivity index (χ0n) is 12.8. The van der Waals surface area contributed by atoms with Crippen LogP contribution in [0.2, 0.25) is 0 Å². The van der Waals surface area contributed by atoms with Crippen molar-refractivity contribution in [3.05, 3.63) is 17.5 Å². The summed E-state index contributed by atoms with van der Waals surface area (Å²) < 4.78 is 1.93. The molecule has 2 rings (SSSR count). The summed E-state index contributed by atoms with van der Waals surface area (Å²) in [6, 6.07) is 0. The molecule has 1 heterocycles. The van der Waals surface area contributed by atoms with Gasteiger partial charge in [-0.2, -0.15) is 5.10 Å². The Morgan fingerprint density at radius 3 is 2.74 bits per heavy atom. The minimum Gasteiger partial charge on any atom is -0.313 e. The molecule has 3 nitrogen and oxygen atoms in total. The van der Waals surface area contributed by atoms with Crippen molar-refractivity contribution in [1.29, 1.82) is 0 Å². The minimum atomic E-state index is 0.961. The van der Waals surface area contributed by atoms with Crippen LogP contribution in [0.4, 0.5) is 0 Å². The van der Waals surface area contributed by atoms with Crippen molar-refractivity contribution in [3.63, 3.8) is 0 Å². The average Bonchev–Trinajstić information content (AvgIpc) is 2.77. The van der Waals surface area contributed by atoms with Gasteiger partial charge in [-0.25, -0.2) is 0 Å². The van der Waals surface area contributed by atoms with Gasteiger partial charge in [-0.1, -0.05) is 39.5 Å². The lowest BCUT2D eigenvalue weighted by molar-refractivity contribution is 0.275. The second-order valence-corrected chi connectivity index (χ2v) is 6.22. The highest BCUT2D eigenvalue weighted by Gasteiger charge is 2.17. The molecule has 0 atom stereocenters. The second kappa shape index (κ2) is 7.09. The Morgan fingerprint density at radius 2 is 2.05 bits per heavy atom. The van der Waals surface area contributed by atoms with E-state index in [1.807, 2.05) is 11.7 Å². The highest BCUT2D eigenvalue weighted by Crippen LogP contribution is 2.29. The van der Waals surface area contributed by atoms with E-state index in [1.54, 1.807) is 0 Å². The topological polar surface area (TPSA) is 29.9 Å². The van der Waals surface area contributed by atoms with Crippen LogP contribution in [0.15, 0.2) is 6.20 Å².